The van der Waals surface area contributed by atoms with Gasteiger partial charge in [0.25, 0.3) is 0 Å². The van der Waals surface area contributed by atoms with Crippen LogP contribution in [0.15, 0.2) is 60.8 Å². The average Bonchev–Trinajstić information content (AvgIpc) is 2.58. The summed E-state index contributed by atoms with van der Waals surface area (Å²) in [4.78, 5) is 0. The van der Waals surface area contributed by atoms with E-state index in [0.717, 1.165) is 24.0 Å². The van der Waals surface area contributed by atoms with Crippen LogP contribution in [-0.4, -0.2) is 11.9 Å². The Morgan fingerprint density at radius 2 is 1.96 bits per heavy atom. The van der Waals surface area contributed by atoms with Gasteiger partial charge >= 0.3 is 0 Å². The van der Waals surface area contributed by atoms with E-state index in [1.54, 1.807) is 0 Å². The van der Waals surface area contributed by atoms with Crippen LogP contribution in [0.1, 0.15) is 36.3 Å². The number of hydrogen-bond donors (Lipinski definition) is 2. The molecule has 0 fully saturated rings. The molecule has 1 aliphatic rings. The Morgan fingerprint density at radius 1 is 1.13 bits per heavy atom. The normalized spacial score (nSPS) is 16.6. The van der Waals surface area contributed by atoms with E-state index in [1.807, 2.05) is 0 Å². The summed E-state index contributed by atoms with van der Waals surface area (Å²) in [5.41, 5.74) is 6.15. The number of anilines is 2. The predicted molar refractivity (Wildman–Crippen MR) is 104 cm³/mol. The predicted octanol–water partition coefficient (Wildman–Crippen LogP) is 5.73. The van der Waals surface area contributed by atoms with E-state index >= 15 is 0 Å². The lowest BCUT2D eigenvalue weighted by Gasteiger charge is -2.29. The summed E-state index contributed by atoms with van der Waals surface area (Å²) in [6, 6.07) is 17.4. The third kappa shape index (κ3) is 3.97. The molecule has 0 saturated heterocycles. The maximum Gasteiger partial charge on any atom is 0.0441 e. The van der Waals surface area contributed by atoms with Gasteiger partial charge in [-0.2, -0.15) is 0 Å². The molecule has 0 bridgehead atoms. The first-order valence-electron chi connectivity index (χ1n) is 8.21. The Labute approximate surface area is 147 Å². The molecule has 1 heterocycles. The van der Waals surface area contributed by atoms with Crippen molar-refractivity contribution >= 4 is 27.3 Å². The zero-order chi connectivity index (χ0) is 16.1. The van der Waals surface area contributed by atoms with Crippen LogP contribution in [0.2, 0.25) is 0 Å². The van der Waals surface area contributed by atoms with Crippen molar-refractivity contribution in [1.82, 2.24) is 0 Å². The number of benzene rings is 2. The smallest absolute Gasteiger partial charge is 0.0441 e. The van der Waals surface area contributed by atoms with Crippen molar-refractivity contribution in [3.63, 3.8) is 0 Å². The van der Waals surface area contributed by atoms with Gasteiger partial charge in [-0.05, 0) is 42.5 Å². The Balaban J connectivity index is 1.81. The van der Waals surface area contributed by atoms with Gasteiger partial charge in [0.15, 0.2) is 0 Å². The van der Waals surface area contributed by atoms with Gasteiger partial charge in [-0.25, -0.2) is 0 Å². The van der Waals surface area contributed by atoms with Crippen molar-refractivity contribution in [2.24, 2.45) is 0 Å². The standard InChI is InChI=1S/C20H23BrN2/c1-15-13-19(16-7-3-2-4-8-16)18-10-9-17(14-20(18)23-15)22-12-6-5-11-21/h2-4,7-10,14,19,22-23H,1,5-6,11-13H2. The minimum absolute atomic E-state index is 0.391. The maximum absolute atomic E-state index is 4.17. The zero-order valence-corrected chi connectivity index (χ0v) is 14.9. The molecule has 0 spiro atoms. The van der Waals surface area contributed by atoms with Crippen LogP contribution in [0.25, 0.3) is 0 Å². The lowest BCUT2D eigenvalue weighted by molar-refractivity contribution is 0.780. The van der Waals surface area contributed by atoms with Crippen molar-refractivity contribution in [3.05, 3.63) is 71.9 Å². The van der Waals surface area contributed by atoms with Crippen molar-refractivity contribution in [1.29, 1.82) is 0 Å². The Kier molecular flexibility index (Phi) is 5.39. The molecule has 1 unspecified atom stereocenters. The summed E-state index contributed by atoms with van der Waals surface area (Å²) in [7, 11) is 0. The SMILES string of the molecule is C=C1CC(c2ccccc2)c2ccc(NCCCCBr)cc2N1. The van der Waals surface area contributed by atoms with Crippen LogP contribution >= 0.6 is 15.9 Å². The van der Waals surface area contributed by atoms with Crippen LogP contribution in [-0.2, 0) is 0 Å². The van der Waals surface area contributed by atoms with Crippen molar-refractivity contribution in [2.45, 2.75) is 25.2 Å². The third-order valence-corrected chi connectivity index (χ3v) is 4.84. The van der Waals surface area contributed by atoms with Crippen LogP contribution < -0.4 is 10.6 Å². The summed E-state index contributed by atoms with van der Waals surface area (Å²) in [5.74, 6) is 0.391. The van der Waals surface area contributed by atoms with Gasteiger partial charge in [-0.3, -0.25) is 0 Å². The molecule has 2 aromatic carbocycles. The highest BCUT2D eigenvalue weighted by Crippen LogP contribution is 2.40. The zero-order valence-electron chi connectivity index (χ0n) is 13.3. The molecule has 3 heteroatoms. The minimum Gasteiger partial charge on any atom is -0.385 e. The van der Waals surface area contributed by atoms with Gasteiger partial charge in [0, 0.05) is 34.9 Å². The number of alkyl halides is 1. The lowest BCUT2D eigenvalue weighted by Crippen LogP contribution is -2.16. The van der Waals surface area contributed by atoms with Crippen LogP contribution in [0.4, 0.5) is 11.4 Å². The summed E-state index contributed by atoms with van der Waals surface area (Å²) in [5, 5.41) is 8.04. The first-order chi connectivity index (χ1) is 11.3. The second-order valence-electron chi connectivity index (χ2n) is 6.02. The highest BCUT2D eigenvalue weighted by atomic mass is 79.9. The van der Waals surface area contributed by atoms with Crippen LogP contribution in [0.5, 0.6) is 0 Å². The Morgan fingerprint density at radius 3 is 2.74 bits per heavy atom. The van der Waals surface area contributed by atoms with Gasteiger partial charge in [0.05, 0.1) is 0 Å². The first kappa shape index (κ1) is 16.1. The fraction of sp³-hybridized carbons (Fsp3) is 0.300. The molecule has 0 aromatic heterocycles. The molecule has 3 rings (SSSR count). The molecular weight excluding hydrogens is 348 g/mol. The molecule has 0 amide bonds. The number of rotatable bonds is 6. The number of hydrogen-bond acceptors (Lipinski definition) is 2. The van der Waals surface area contributed by atoms with E-state index in [1.165, 1.54) is 35.3 Å². The number of unbranched alkanes of at least 4 members (excludes halogenated alkanes) is 1. The summed E-state index contributed by atoms with van der Waals surface area (Å²) < 4.78 is 0. The monoisotopic (exact) mass is 370 g/mol. The van der Waals surface area contributed by atoms with Crippen molar-refractivity contribution in [2.75, 3.05) is 22.5 Å². The van der Waals surface area contributed by atoms with E-state index in [4.69, 9.17) is 0 Å². The molecule has 23 heavy (non-hydrogen) atoms. The van der Waals surface area contributed by atoms with Crippen LogP contribution in [0, 0.1) is 0 Å². The van der Waals surface area contributed by atoms with Gasteiger partial charge in [-0.1, -0.05) is 58.9 Å². The van der Waals surface area contributed by atoms with Crippen LogP contribution in [0.3, 0.4) is 0 Å². The van der Waals surface area contributed by atoms with Gasteiger partial charge in [0.1, 0.15) is 0 Å². The number of nitrogens with one attached hydrogen (secondary N) is 2. The summed E-state index contributed by atoms with van der Waals surface area (Å²) >= 11 is 3.47. The van der Waals surface area contributed by atoms with E-state index in [9.17, 15) is 0 Å². The average molecular weight is 371 g/mol. The van der Waals surface area contributed by atoms with Crippen molar-refractivity contribution in [3.8, 4) is 0 Å². The largest absolute Gasteiger partial charge is 0.385 e. The fourth-order valence-corrected chi connectivity index (χ4v) is 3.51. The molecule has 120 valence electrons. The molecule has 1 atom stereocenters. The lowest BCUT2D eigenvalue weighted by atomic mass is 9.84. The molecule has 2 nitrogen and oxygen atoms in total. The molecule has 2 aromatic rings. The van der Waals surface area contributed by atoms with E-state index in [2.05, 4.69) is 81.7 Å². The first-order valence-corrected chi connectivity index (χ1v) is 9.33. The fourth-order valence-electron chi connectivity index (χ4n) is 3.11. The number of fused-ring (bicyclic) bond motifs is 1. The summed E-state index contributed by atoms with van der Waals surface area (Å²) in [6.07, 6.45) is 3.33. The molecular formula is C20H23BrN2. The van der Waals surface area contributed by atoms with Gasteiger partial charge in [0.2, 0.25) is 0 Å². The highest BCUT2D eigenvalue weighted by molar-refractivity contribution is 9.09. The second kappa shape index (κ2) is 7.69. The quantitative estimate of drug-likeness (QED) is 0.500. The Bertz CT molecular complexity index is 667. The molecule has 2 N–H and O–H groups in total. The van der Waals surface area contributed by atoms with E-state index in [-0.39, 0.29) is 0 Å². The van der Waals surface area contributed by atoms with Gasteiger partial charge < -0.3 is 10.6 Å². The minimum atomic E-state index is 0.391. The third-order valence-electron chi connectivity index (χ3n) is 4.28. The topological polar surface area (TPSA) is 24.1 Å². The number of allylic oxidation sites excluding steroid dienone is 1. The molecule has 0 radical (unpaired) electrons. The number of halogens is 1. The highest BCUT2D eigenvalue weighted by Gasteiger charge is 2.23. The Hall–Kier alpha value is -1.74. The molecule has 1 aliphatic heterocycles. The molecule has 0 saturated carbocycles. The van der Waals surface area contributed by atoms with E-state index < -0.39 is 0 Å². The van der Waals surface area contributed by atoms with Crippen molar-refractivity contribution < 1.29 is 0 Å². The summed E-state index contributed by atoms with van der Waals surface area (Å²) in [6.45, 7) is 5.18. The second-order valence-corrected chi connectivity index (χ2v) is 6.81. The van der Waals surface area contributed by atoms with Gasteiger partial charge in [-0.15, -0.1) is 0 Å². The molecule has 0 aliphatic carbocycles. The van der Waals surface area contributed by atoms with E-state index in [0.29, 0.717) is 5.92 Å². The maximum atomic E-state index is 4.17.